The first kappa shape index (κ1) is 24.0. The molecule has 1 aliphatic carbocycles. The molecule has 0 saturated heterocycles. The van der Waals surface area contributed by atoms with E-state index in [1.165, 1.54) is 24.3 Å². The van der Waals surface area contributed by atoms with Gasteiger partial charge >= 0.3 is 0 Å². The molecule has 2 heterocycles. The van der Waals surface area contributed by atoms with Crippen LogP contribution in [0.3, 0.4) is 0 Å². The summed E-state index contributed by atoms with van der Waals surface area (Å²) in [5, 5.41) is 23.4. The number of hydrogen-bond donors (Lipinski definition) is 4. The molecule has 0 atom stereocenters. The molecule has 0 bridgehead atoms. The van der Waals surface area contributed by atoms with Gasteiger partial charge < -0.3 is 15.7 Å². The average Bonchev–Trinajstić information content (AvgIpc) is 3.34. The lowest BCUT2D eigenvalue weighted by atomic mass is 9.93. The Hall–Kier alpha value is -3.76. The first-order valence-corrected chi connectivity index (χ1v) is 13.2. The van der Waals surface area contributed by atoms with Gasteiger partial charge in [-0.1, -0.05) is 18.2 Å². The monoisotopic (exact) mass is 507 g/mol. The maximum Gasteiger partial charge on any atom is 0.206 e. The number of benzene rings is 2. The summed E-state index contributed by atoms with van der Waals surface area (Å²) < 4.78 is 40.0. The summed E-state index contributed by atoms with van der Waals surface area (Å²) in [6, 6.07) is 19.1. The fraction of sp³-hybridized carbons (Fsp3) is 0.231. The van der Waals surface area contributed by atoms with Gasteiger partial charge in [0.05, 0.1) is 21.6 Å². The Labute approximate surface area is 208 Å². The number of halogens is 1. The number of sulfone groups is 1. The minimum atomic E-state index is -3.79. The SMILES string of the molecule is O=S(=O)(c1ccccc1)c1cc(Nc2cc(-c3ccc(F)cc3)[nH]n2)nc(N[C@H]2CC[C@H](O)CC2)c1. The maximum absolute atomic E-state index is 13.4. The fourth-order valence-corrected chi connectivity index (χ4v) is 5.58. The lowest BCUT2D eigenvalue weighted by Crippen LogP contribution is -2.28. The number of pyridine rings is 1. The Morgan fingerprint density at radius 2 is 1.56 bits per heavy atom. The van der Waals surface area contributed by atoms with E-state index < -0.39 is 9.84 Å². The van der Waals surface area contributed by atoms with Crippen LogP contribution in [0.4, 0.5) is 21.8 Å². The van der Waals surface area contributed by atoms with E-state index in [-0.39, 0.29) is 27.8 Å². The van der Waals surface area contributed by atoms with Gasteiger partial charge in [-0.05, 0) is 73.7 Å². The van der Waals surface area contributed by atoms with Crippen molar-refractivity contribution < 1.29 is 17.9 Å². The van der Waals surface area contributed by atoms with Gasteiger partial charge in [-0.25, -0.2) is 17.8 Å². The molecule has 0 spiro atoms. The molecule has 5 rings (SSSR count). The van der Waals surface area contributed by atoms with Gasteiger partial charge in [-0.15, -0.1) is 0 Å². The number of aliphatic hydroxyl groups excluding tert-OH is 1. The molecule has 1 aliphatic rings. The van der Waals surface area contributed by atoms with Gasteiger partial charge in [0, 0.05) is 18.2 Å². The molecule has 186 valence electrons. The van der Waals surface area contributed by atoms with Gasteiger partial charge in [0.2, 0.25) is 9.84 Å². The summed E-state index contributed by atoms with van der Waals surface area (Å²) in [5.41, 5.74) is 1.43. The molecule has 2 aromatic heterocycles. The highest BCUT2D eigenvalue weighted by atomic mass is 32.2. The first-order valence-electron chi connectivity index (χ1n) is 11.7. The van der Waals surface area contributed by atoms with Crippen molar-refractivity contribution in [3.8, 4) is 11.3 Å². The quantitative estimate of drug-likeness (QED) is 0.281. The second-order valence-electron chi connectivity index (χ2n) is 8.84. The molecule has 1 saturated carbocycles. The van der Waals surface area contributed by atoms with Crippen LogP contribution in [-0.4, -0.2) is 40.9 Å². The van der Waals surface area contributed by atoms with E-state index in [0.29, 0.717) is 36.0 Å². The number of aromatic amines is 1. The average molecular weight is 508 g/mol. The second kappa shape index (κ2) is 10.1. The van der Waals surface area contributed by atoms with Crippen molar-refractivity contribution in [3.63, 3.8) is 0 Å². The largest absolute Gasteiger partial charge is 0.393 e. The van der Waals surface area contributed by atoms with Gasteiger partial charge in [0.1, 0.15) is 17.5 Å². The van der Waals surface area contributed by atoms with E-state index in [9.17, 15) is 17.9 Å². The van der Waals surface area contributed by atoms with E-state index in [1.807, 2.05) is 0 Å². The van der Waals surface area contributed by atoms with E-state index in [2.05, 4.69) is 25.8 Å². The number of nitrogens with one attached hydrogen (secondary N) is 3. The summed E-state index contributed by atoms with van der Waals surface area (Å²) in [6.07, 6.45) is 2.60. The molecule has 0 unspecified atom stereocenters. The van der Waals surface area contributed by atoms with Crippen LogP contribution in [-0.2, 0) is 9.84 Å². The van der Waals surface area contributed by atoms with Crippen molar-refractivity contribution in [2.45, 2.75) is 47.6 Å². The summed E-state index contributed by atoms with van der Waals surface area (Å²) in [5.74, 6) is 0.834. The summed E-state index contributed by atoms with van der Waals surface area (Å²) in [7, 11) is -3.79. The molecule has 1 fully saturated rings. The molecule has 0 aliphatic heterocycles. The number of aromatic nitrogens is 3. The van der Waals surface area contributed by atoms with E-state index in [1.54, 1.807) is 48.5 Å². The third-order valence-corrected chi connectivity index (χ3v) is 7.95. The smallest absolute Gasteiger partial charge is 0.206 e. The Balaban J connectivity index is 1.46. The Bertz CT molecular complexity index is 1430. The van der Waals surface area contributed by atoms with Crippen LogP contribution in [0.1, 0.15) is 25.7 Å². The van der Waals surface area contributed by atoms with Gasteiger partial charge in [-0.2, -0.15) is 5.10 Å². The molecule has 4 N–H and O–H groups in total. The molecule has 0 radical (unpaired) electrons. The number of anilines is 3. The van der Waals surface area contributed by atoms with E-state index in [0.717, 1.165) is 18.4 Å². The maximum atomic E-state index is 13.4. The molecule has 8 nitrogen and oxygen atoms in total. The lowest BCUT2D eigenvalue weighted by Gasteiger charge is -2.26. The Morgan fingerprint density at radius 3 is 2.28 bits per heavy atom. The number of H-pyrrole nitrogens is 1. The van der Waals surface area contributed by atoms with Crippen molar-refractivity contribution >= 4 is 27.3 Å². The topological polar surface area (TPSA) is 120 Å². The molecule has 10 heteroatoms. The number of nitrogens with zero attached hydrogens (tertiary/aromatic N) is 2. The Morgan fingerprint density at radius 1 is 0.861 bits per heavy atom. The highest BCUT2D eigenvalue weighted by Crippen LogP contribution is 2.29. The number of aliphatic hydroxyl groups is 1. The van der Waals surface area contributed by atoms with Crippen LogP contribution >= 0.6 is 0 Å². The zero-order valence-corrected chi connectivity index (χ0v) is 20.2. The van der Waals surface area contributed by atoms with E-state index >= 15 is 0 Å². The van der Waals surface area contributed by atoms with Crippen LogP contribution in [0.5, 0.6) is 0 Å². The van der Waals surface area contributed by atoms with Crippen molar-refractivity contribution in [2.24, 2.45) is 0 Å². The minimum Gasteiger partial charge on any atom is -0.393 e. The van der Waals surface area contributed by atoms with E-state index in [4.69, 9.17) is 0 Å². The van der Waals surface area contributed by atoms with Gasteiger partial charge in [0.25, 0.3) is 0 Å². The van der Waals surface area contributed by atoms with Crippen LogP contribution in [0.25, 0.3) is 11.3 Å². The normalized spacial score (nSPS) is 18.1. The van der Waals surface area contributed by atoms with Gasteiger partial charge in [0.15, 0.2) is 5.82 Å². The zero-order valence-electron chi connectivity index (χ0n) is 19.4. The summed E-state index contributed by atoms with van der Waals surface area (Å²) >= 11 is 0. The molecule has 36 heavy (non-hydrogen) atoms. The first-order chi connectivity index (χ1) is 17.4. The zero-order chi connectivity index (χ0) is 25.1. The molecular formula is C26H26FN5O3S. The lowest BCUT2D eigenvalue weighted by molar-refractivity contribution is 0.126. The van der Waals surface area contributed by atoms with Crippen LogP contribution in [0, 0.1) is 5.82 Å². The predicted molar refractivity (Wildman–Crippen MR) is 135 cm³/mol. The van der Waals surface area contributed by atoms with Crippen molar-refractivity contribution in [3.05, 3.63) is 78.6 Å². The number of hydrogen-bond acceptors (Lipinski definition) is 7. The van der Waals surface area contributed by atoms with Crippen molar-refractivity contribution in [2.75, 3.05) is 10.6 Å². The van der Waals surface area contributed by atoms with Crippen LogP contribution < -0.4 is 10.6 Å². The van der Waals surface area contributed by atoms with Crippen molar-refractivity contribution in [1.82, 2.24) is 15.2 Å². The molecule has 2 aromatic carbocycles. The molecule has 0 amide bonds. The third kappa shape index (κ3) is 5.39. The summed E-state index contributed by atoms with van der Waals surface area (Å²) in [4.78, 5) is 4.87. The van der Waals surface area contributed by atoms with Crippen LogP contribution in [0.15, 0.2) is 82.6 Å². The fourth-order valence-electron chi connectivity index (χ4n) is 4.26. The highest BCUT2D eigenvalue weighted by molar-refractivity contribution is 7.91. The van der Waals surface area contributed by atoms with Gasteiger partial charge in [-0.3, -0.25) is 5.10 Å². The minimum absolute atomic E-state index is 0.0823. The molecule has 4 aromatic rings. The van der Waals surface area contributed by atoms with Crippen LogP contribution in [0.2, 0.25) is 0 Å². The van der Waals surface area contributed by atoms with Crippen molar-refractivity contribution in [1.29, 1.82) is 0 Å². The Kier molecular flexibility index (Phi) is 6.71. The second-order valence-corrected chi connectivity index (χ2v) is 10.8. The predicted octanol–water partition coefficient (Wildman–Crippen LogP) is 4.90. The summed E-state index contributed by atoms with van der Waals surface area (Å²) in [6.45, 7) is 0. The molecular weight excluding hydrogens is 481 g/mol. The standard InChI is InChI=1S/C26H26FN5O3S/c27-18-8-6-17(7-9-18)23-16-26(32-31-23)30-25-15-22(36(34,35)21-4-2-1-3-5-21)14-24(29-25)28-19-10-12-20(33)13-11-19/h1-9,14-16,19-20,33H,10-13H2,(H3,28,29,30,31,32)/t19-,20-. The third-order valence-electron chi connectivity index (χ3n) is 6.20. The number of rotatable bonds is 7. The highest BCUT2D eigenvalue weighted by Gasteiger charge is 2.23.